The minimum Gasteiger partial charge on any atom is -0.444 e. The molecule has 1 aliphatic rings. The molecule has 0 saturated carbocycles. The van der Waals surface area contributed by atoms with Crippen LogP contribution in [0.5, 0.6) is 5.75 Å². The summed E-state index contributed by atoms with van der Waals surface area (Å²) in [4.78, 5) is 13.9. The van der Waals surface area contributed by atoms with Gasteiger partial charge in [0, 0.05) is 25.7 Å². The molecule has 1 atom stereocenters. The molecule has 1 aromatic rings. The number of ether oxygens (including phenoxy) is 2. The Kier molecular flexibility index (Phi) is 6.44. The lowest BCUT2D eigenvalue weighted by Crippen LogP contribution is -2.40. The van der Waals surface area contributed by atoms with Crippen LogP contribution in [0.2, 0.25) is 0 Å². The summed E-state index contributed by atoms with van der Waals surface area (Å²) in [6.45, 7) is 7.40. The number of alkyl carbamates (subject to hydrolysis) is 1. The summed E-state index contributed by atoms with van der Waals surface area (Å²) < 4.78 is 46.3. The fraction of sp³-hybridized carbons (Fsp3) is 0.588. The molecule has 5 nitrogen and oxygen atoms in total. The molecule has 9 heteroatoms. The van der Waals surface area contributed by atoms with E-state index in [-0.39, 0.29) is 16.3 Å². The Morgan fingerprint density at radius 3 is 2.62 bits per heavy atom. The third-order valence-corrected chi connectivity index (χ3v) is 4.24. The van der Waals surface area contributed by atoms with Crippen molar-refractivity contribution in [3.05, 3.63) is 28.2 Å². The number of nitrogens with zero attached hydrogens (tertiary/aromatic N) is 1. The first-order valence-electron chi connectivity index (χ1n) is 8.17. The number of hydrogen-bond acceptors (Lipinski definition) is 4. The van der Waals surface area contributed by atoms with Crippen LogP contribution >= 0.6 is 15.9 Å². The number of hydrogen-bond donors (Lipinski definition) is 1. The van der Waals surface area contributed by atoms with Gasteiger partial charge in [-0.15, -0.1) is 13.2 Å². The third-order valence-electron chi connectivity index (χ3n) is 3.62. The molecule has 0 spiro atoms. The molecule has 1 aliphatic heterocycles. The number of halogens is 4. The van der Waals surface area contributed by atoms with Crippen molar-refractivity contribution in [1.29, 1.82) is 0 Å². The average Bonchev–Trinajstić information content (AvgIpc) is 2.85. The predicted molar refractivity (Wildman–Crippen MR) is 93.9 cm³/mol. The third kappa shape index (κ3) is 7.03. The maximum absolute atomic E-state index is 12.3. The summed E-state index contributed by atoms with van der Waals surface area (Å²) in [5.74, 6) is -0.271. The first-order valence-corrected chi connectivity index (χ1v) is 8.96. The maximum atomic E-state index is 12.3. The number of carbonyl (C=O) groups is 1. The Bertz CT molecular complexity index is 647. The van der Waals surface area contributed by atoms with Gasteiger partial charge in [0.1, 0.15) is 11.4 Å². The second-order valence-corrected chi connectivity index (χ2v) is 8.03. The first-order chi connectivity index (χ1) is 11.9. The van der Waals surface area contributed by atoms with E-state index in [0.717, 1.165) is 18.5 Å². The van der Waals surface area contributed by atoms with Crippen LogP contribution in [0.3, 0.4) is 0 Å². The van der Waals surface area contributed by atoms with Crippen LogP contribution in [-0.2, 0) is 11.3 Å². The molecule has 146 valence electrons. The van der Waals surface area contributed by atoms with Crippen LogP contribution in [-0.4, -0.2) is 42.1 Å². The highest BCUT2D eigenvalue weighted by Crippen LogP contribution is 2.31. The van der Waals surface area contributed by atoms with Gasteiger partial charge in [-0.1, -0.05) is 6.07 Å². The lowest BCUT2D eigenvalue weighted by molar-refractivity contribution is -0.274. The van der Waals surface area contributed by atoms with Gasteiger partial charge in [-0.2, -0.15) is 0 Å². The Morgan fingerprint density at radius 1 is 1.35 bits per heavy atom. The topological polar surface area (TPSA) is 50.8 Å². The van der Waals surface area contributed by atoms with Gasteiger partial charge in [0.25, 0.3) is 0 Å². The van der Waals surface area contributed by atoms with Crippen molar-refractivity contribution in [2.75, 3.05) is 13.1 Å². The quantitative estimate of drug-likeness (QED) is 0.754. The standard InChI is InChI=1S/C17H22BrF3N2O3/c1-16(2,3)26-15(24)22-12-6-7-23(10-12)9-11-4-5-14(13(18)8-11)25-17(19,20)21/h4-5,8,12H,6-7,9-10H2,1-3H3,(H,22,24). The SMILES string of the molecule is CC(C)(C)OC(=O)NC1CCN(Cc2ccc(OC(F)(F)F)c(Br)c2)C1. The van der Waals surface area contributed by atoms with Crippen molar-refractivity contribution in [2.45, 2.75) is 51.7 Å². The molecule has 1 fully saturated rings. The molecule has 1 aromatic carbocycles. The van der Waals surface area contributed by atoms with E-state index in [4.69, 9.17) is 4.74 Å². The Balaban J connectivity index is 1.87. The molecule has 1 amide bonds. The van der Waals surface area contributed by atoms with E-state index in [1.165, 1.54) is 6.07 Å². The maximum Gasteiger partial charge on any atom is 0.573 e. The lowest BCUT2D eigenvalue weighted by Gasteiger charge is -2.22. The summed E-state index contributed by atoms with van der Waals surface area (Å²) in [5.41, 5.74) is 0.304. The minimum absolute atomic E-state index is 0.0128. The van der Waals surface area contributed by atoms with Crippen molar-refractivity contribution in [1.82, 2.24) is 10.2 Å². The molecule has 0 bridgehead atoms. The highest BCUT2D eigenvalue weighted by atomic mass is 79.9. The largest absolute Gasteiger partial charge is 0.573 e. The number of carbonyl (C=O) groups excluding carboxylic acids is 1. The molecular formula is C17H22BrF3N2O3. The van der Waals surface area contributed by atoms with Gasteiger partial charge in [0.15, 0.2) is 0 Å². The molecular weight excluding hydrogens is 417 g/mol. The Hall–Kier alpha value is -1.48. The van der Waals surface area contributed by atoms with Gasteiger partial charge >= 0.3 is 12.5 Å². The van der Waals surface area contributed by atoms with Crippen LogP contribution in [0.15, 0.2) is 22.7 Å². The number of nitrogens with one attached hydrogen (secondary N) is 1. The molecule has 0 radical (unpaired) electrons. The van der Waals surface area contributed by atoms with Gasteiger partial charge in [0.05, 0.1) is 4.47 Å². The molecule has 0 aromatic heterocycles. The zero-order chi connectivity index (χ0) is 19.5. The zero-order valence-electron chi connectivity index (χ0n) is 14.8. The minimum atomic E-state index is -4.72. The number of likely N-dealkylation sites (tertiary alicyclic amines) is 1. The summed E-state index contributed by atoms with van der Waals surface area (Å²) in [5, 5.41) is 2.84. The van der Waals surface area contributed by atoms with Crippen LogP contribution < -0.4 is 10.1 Å². The Morgan fingerprint density at radius 2 is 2.04 bits per heavy atom. The van der Waals surface area contributed by atoms with Crippen LogP contribution in [0.25, 0.3) is 0 Å². The highest BCUT2D eigenvalue weighted by molar-refractivity contribution is 9.10. The van der Waals surface area contributed by atoms with Crippen molar-refractivity contribution < 1.29 is 27.4 Å². The summed E-state index contributed by atoms with van der Waals surface area (Å²) in [7, 11) is 0. The molecule has 1 heterocycles. The molecule has 1 N–H and O–H groups in total. The summed E-state index contributed by atoms with van der Waals surface area (Å²) in [6.07, 6.45) is -4.38. The van der Waals surface area contributed by atoms with Crippen molar-refractivity contribution in [3.63, 3.8) is 0 Å². The van der Waals surface area contributed by atoms with Gasteiger partial charge in [-0.3, -0.25) is 4.90 Å². The van der Waals surface area contributed by atoms with E-state index in [1.54, 1.807) is 32.9 Å². The van der Waals surface area contributed by atoms with Gasteiger partial charge in [0.2, 0.25) is 0 Å². The fourth-order valence-corrected chi connectivity index (χ4v) is 3.18. The molecule has 26 heavy (non-hydrogen) atoms. The molecule has 2 rings (SSSR count). The number of amides is 1. The normalized spacial score (nSPS) is 18.7. The zero-order valence-corrected chi connectivity index (χ0v) is 16.4. The monoisotopic (exact) mass is 438 g/mol. The highest BCUT2D eigenvalue weighted by Gasteiger charge is 2.32. The predicted octanol–water partition coefficient (Wildman–Crippen LogP) is 4.45. The second kappa shape index (κ2) is 8.04. The smallest absolute Gasteiger partial charge is 0.444 e. The number of alkyl halides is 3. The van der Waals surface area contributed by atoms with E-state index >= 15 is 0 Å². The molecule has 1 saturated heterocycles. The average molecular weight is 439 g/mol. The van der Waals surface area contributed by atoms with E-state index in [2.05, 4.69) is 30.9 Å². The van der Waals surface area contributed by atoms with E-state index in [0.29, 0.717) is 13.1 Å². The van der Waals surface area contributed by atoms with E-state index < -0.39 is 18.1 Å². The first kappa shape index (κ1) is 20.8. The van der Waals surface area contributed by atoms with Gasteiger partial charge < -0.3 is 14.8 Å². The Labute approximate surface area is 159 Å². The number of rotatable bonds is 4. The molecule has 0 aliphatic carbocycles. The fourth-order valence-electron chi connectivity index (χ4n) is 2.68. The van der Waals surface area contributed by atoms with E-state index in [1.807, 2.05) is 0 Å². The number of benzene rings is 1. The van der Waals surface area contributed by atoms with Crippen LogP contribution in [0.4, 0.5) is 18.0 Å². The second-order valence-electron chi connectivity index (χ2n) is 7.18. The lowest BCUT2D eigenvalue weighted by atomic mass is 10.2. The summed E-state index contributed by atoms with van der Waals surface area (Å²) >= 11 is 3.10. The molecule has 1 unspecified atom stereocenters. The van der Waals surface area contributed by atoms with Crippen molar-refractivity contribution >= 4 is 22.0 Å². The van der Waals surface area contributed by atoms with Crippen molar-refractivity contribution in [3.8, 4) is 5.75 Å². The van der Waals surface area contributed by atoms with Crippen molar-refractivity contribution in [2.24, 2.45) is 0 Å². The van der Waals surface area contributed by atoms with Gasteiger partial charge in [-0.25, -0.2) is 4.79 Å². The van der Waals surface area contributed by atoms with Gasteiger partial charge in [-0.05, 0) is 60.8 Å². The summed E-state index contributed by atoms with van der Waals surface area (Å²) in [6, 6.07) is 4.48. The van der Waals surface area contributed by atoms with Crippen LogP contribution in [0, 0.1) is 0 Å². The van der Waals surface area contributed by atoms with E-state index in [9.17, 15) is 18.0 Å². The van der Waals surface area contributed by atoms with Crippen LogP contribution in [0.1, 0.15) is 32.8 Å².